The fraction of sp³-hybridized carbons (Fsp3) is 0.750. The lowest BCUT2D eigenvalue weighted by Gasteiger charge is -2.27. The molecule has 6 nitrogen and oxygen atoms in total. The first-order valence-corrected chi connectivity index (χ1v) is 10.1. The third-order valence-corrected chi connectivity index (χ3v) is 7.93. The van der Waals surface area contributed by atoms with Gasteiger partial charge in [-0.3, -0.25) is 0 Å². The highest BCUT2D eigenvalue weighted by Gasteiger charge is 2.63. The first-order chi connectivity index (χ1) is 12.5. The van der Waals surface area contributed by atoms with Gasteiger partial charge in [-0.05, 0) is 5.92 Å². The van der Waals surface area contributed by atoms with Crippen LogP contribution >= 0.6 is 0 Å². The maximum absolute atomic E-state index is 12.7. The van der Waals surface area contributed by atoms with E-state index in [1.54, 1.807) is 0 Å². The lowest BCUT2D eigenvalue weighted by molar-refractivity contribution is -0.157. The highest BCUT2D eigenvalue weighted by Crippen LogP contribution is 2.39. The quantitative estimate of drug-likeness (QED) is 0.310. The van der Waals surface area contributed by atoms with Crippen molar-refractivity contribution in [3.05, 3.63) is 12.2 Å². The molecular formula is C12H13F9O6S2. The first kappa shape index (κ1) is 27.5. The summed E-state index contributed by atoms with van der Waals surface area (Å²) in [4.78, 5) is 11.4. The van der Waals surface area contributed by atoms with Crippen LogP contribution in [0.5, 0.6) is 0 Å². The van der Waals surface area contributed by atoms with Crippen LogP contribution < -0.4 is 0 Å². The van der Waals surface area contributed by atoms with Gasteiger partial charge in [0.15, 0.2) is 4.58 Å². The van der Waals surface area contributed by atoms with Crippen LogP contribution in [0.25, 0.3) is 0 Å². The smallest absolute Gasteiger partial charge is 0.458 e. The van der Waals surface area contributed by atoms with E-state index >= 15 is 0 Å². The van der Waals surface area contributed by atoms with E-state index in [1.165, 1.54) is 0 Å². The Balaban J connectivity index is 6.29. The standard InChI is InChI=1S/C12H13F9O6S2/c1-5(2)7(27-9(22)6(3)10(13,14)15)4-8(28(23,24)11(16,17)18)29(25,26)12(19,20)21/h5,7-8H,3-4H2,1-2H3. The third-order valence-electron chi connectivity index (χ3n) is 3.35. The van der Waals surface area contributed by atoms with E-state index in [1.807, 2.05) is 0 Å². The van der Waals surface area contributed by atoms with Crippen molar-refractivity contribution in [2.45, 2.75) is 48.1 Å². The summed E-state index contributed by atoms with van der Waals surface area (Å²) in [5.74, 6) is -3.71. The predicted octanol–water partition coefficient (Wildman–Crippen LogP) is 3.26. The summed E-state index contributed by atoms with van der Waals surface area (Å²) in [6.07, 6.45) is -9.90. The minimum atomic E-state index is -7.04. The van der Waals surface area contributed by atoms with Gasteiger partial charge in [0.25, 0.3) is 19.7 Å². The molecule has 1 unspecified atom stereocenters. The second-order valence-electron chi connectivity index (χ2n) is 5.81. The number of carbonyl (C=O) groups excluding carboxylic acids is 1. The van der Waals surface area contributed by atoms with Crippen LogP contribution in [-0.2, 0) is 29.2 Å². The molecule has 0 heterocycles. The lowest BCUT2D eigenvalue weighted by Crippen LogP contribution is -2.47. The molecule has 172 valence electrons. The molecule has 0 N–H and O–H groups in total. The maximum Gasteiger partial charge on any atom is 0.498 e. The van der Waals surface area contributed by atoms with Crippen molar-refractivity contribution < 1.29 is 65.9 Å². The Morgan fingerprint density at radius 1 is 0.862 bits per heavy atom. The summed E-state index contributed by atoms with van der Waals surface area (Å²) in [5.41, 5.74) is -15.1. The summed E-state index contributed by atoms with van der Waals surface area (Å²) in [6.45, 7) is 4.14. The van der Waals surface area contributed by atoms with Crippen molar-refractivity contribution in [1.82, 2.24) is 0 Å². The van der Waals surface area contributed by atoms with Crippen molar-refractivity contribution in [3.8, 4) is 0 Å². The van der Waals surface area contributed by atoms with Crippen LogP contribution in [0.1, 0.15) is 20.3 Å². The number of rotatable bonds is 7. The fourth-order valence-electron chi connectivity index (χ4n) is 1.69. The molecule has 0 aliphatic heterocycles. The van der Waals surface area contributed by atoms with Gasteiger partial charge in [0.05, 0.1) is 0 Å². The molecule has 29 heavy (non-hydrogen) atoms. The molecule has 0 fully saturated rings. The number of sulfone groups is 2. The normalized spacial score (nSPS) is 15.5. The zero-order valence-electron chi connectivity index (χ0n) is 14.3. The molecule has 0 amide bonds. The van der Waals surface area contributed by atoms with E-state index in [4.69, 9.17) is 0 Å². The summed E-state index contributed by atoms with van der Waals surface area (Å²) < 4.78 is 159. The average Bonchev–Trinajstić information content (AvgIpc) is 2.46. The Bertz CT molecular complexity index is 791. The van der Waals surface area contributed by atoms with E-state index in [0.717, 1.165) is 13.8 Å². The minimum absolute atomic E-state index is 0.922. The lowest BCUT2D eigenvalue weighted by atomic mass is 10.0. The molecule has 0 aliphatic carbocycles. The molecule has 0 radical (unpaired) electrons. The van der Waals surface area contributed by atoms with Crippen LogP contribution in [0.4, 0.5) is 39.5 Å². The molecule has 0 aliphatic rings. The van der Waals surface area contributed by atoms with E-state index in [-0.39, 0.29) is 0 Å². The van der Waals surface area contributed by atoms with Crippen LogP contribution in [0, 0.1) is 5.92 Å². The highest BCUT2D eigenvalue weighted by atomic mass is 32.3. The molecule has 0 spiro atoms. The number of esters is 1. The summed E-state index contributed by atoms with van der Waals surface area (Å²) >= 11 is 0. The number of hydrogen-bond acceptors (Lipinski definition) is 6. The topological polar surface area (TPSA) is 94.6 Å². The van der Waals surface area contributed by atoms with Crippen molar-refractivity contribution in [2.24, 2.45) is 5.92 Å². The Kier molecular flexibility index (Phi) is 7.88. The van der Waals surface area contributed by atoms with Crippen LogP contribution in [-0.4, -0.2) is 50.7 Å². The molecular weight excluding hydrogens is 475 g/mol. The van der Waals surface area contributed by atoms with Crippen molar-refractivity contribution in [3.63, 3.8) is 0 Å². The van der Waals surface area contributed by atoms with Crippen molar-refractivity contribution >= 4 is 25.6 Å². The fourth-order valence-corrected chi connectivity index (χ4v) is 5.16. The van der Waals surface area contributed by atoms with Crippen molar-refractivity contribution in [2.75, 3.05) is 0 Å². The number of hydrogen-bond donors (Lipinski definition) is 0. The Labute approximate surface area is 158 Å². The molecule has 0 saturated carbocycles. The van der Waals surface area contributed by atoms with Gasteiger partial charge in [0.2, 0.25) is 0 Å². The molecule has 0 saturated heterocycles. The highest BCUT2D eigenvalue weighted by molar-refractivity contribution is 8.09. The predicted molar refractivity (Wildman–Crippen MR) is 78.3 cm³/mol. The van der Waals surface area contributed by atoms with Gasteiger partial charge < -0.3 is 4.74 Å². The molecule has 0 rings (SSSR count). The second-order valence-corrected chi connectivity index (χ2v) is 10.4. The zero-order chi connectivity index (χ0) is 23.8. The second kappa shape index (κ2) is 8.31. The van der Waals surface area contributed by atoms with E-state index in [9.17, 15) is 61.1 Å². The van der Waals surface area contributed by atoms with Crippen LogP contribution in [0.15, 0.2) is 12.2 Å². The molecule has 0 bridgehead atoms. The van der Waals surface area contributed by atoms with E-state index in [0.29, 0.717) is 0 Å². The van der Waals surface area contributed by atoms with Crippen LogP contribution in [0.2, 0.25) is 0 Å². The van der Waals surface area contributed by atoms with Gasteiger partial charge in [-0.1, -0.05) is 20.4 Å². The number of alkyl halides is 9. The van der Waals surface area contributed by atoms with Gasteiger partial charge in [-0.25, -0.2) is 21.6 Å². The van der Waals surface area contributed by atoms with Crippen LogP contribution in [0.3, 0.4) is 0 Å². The first-order valence-electron chi connectivity index (χ1n) is 7.05. The largest absolute Gasteiger partial charge is 0.498 e. The molecule has 0 aromatic heterocycles. The van der Waals surface area contributed by atoms with Gasteiger partial charge in [-0.2, -0.15) is 39.5 Å². The third kappa shape index (κ3) is 6.23. The SMILES string of the molecule is C=C(C(=O)OC(CC(S(=O)(=O)C(F)(F)F)S(=O)(=O)C(F)(F)F)C(C)C)C(F)(F)F. The Hall–Kier alpha value is -1.52. The molecule has 0 aromatic carbocycles. The maximum atomic E-state index is 12.7. The number of ether oxygens (including phenoxy) is 1. The summed E-state index contributed by atoms with van der Waals surface area (Å²) in [6, 6.07) is 0. The zero-order valence-corrected chi connectivity index (χ0v) is 15.9. The average molecular weight is 488 g/mol. The minimum Gasteiger partial charge on any atom is -0.458 e. The number of carbonyl (C=O) groups is 1. The van der Waals surface area contributed by atoms with Crippen molar-refractivity contribution in [1.29, 1.82) is 0 Å². The summed E-state index contributed by atoms with van der Waals surface area (Å²) in [5, 5.41) is 0. The molecule has 0 aromatic rings. The summed E-state index contributed by atoms with van der Waals surface area (Å²) in [7, 11) is -14.1. The molecule has 1 atom stereocenters. The van der Waals surface area contributed by atoms with Gasteiger partial charge in [0, 0.05) is 6.42 Å². The van der Waals surface area contributed by atoms with Gasteiger partial charge >= 0.3 is 23.2 Å². The Morgan fingerprint density at radius 2 is 1.21 bits per heavy atom. The van der Waals surface area contributed by atoms with E-state index in [2.05, 4.69) is 11.3 Å². The monoisotopic (exact) mass is 488 g/mol. The Morgan fingerprint density at radius 3 is 1.45 bits per heavy atom. The van der Waals surface area contributed by atoms with Gasteiger partial charge in [-0.15, -0.1) is 0 Å². The molecule has 17 heteroatoms. The van der Waals surface area contributed by atoms with E-state index < -0.39 is 71.4 Å². The van der Waals surface area contributed by atoms with Gasteiger partial charge in [0.1, 0.15) is 11.7 Å². The number of halogens is 9.